The zero-order valence-corrected chi connectivity index (χ0v) is 22.8. The molecule has 0 fully saturated rings. The SMILES string of the molecule is COc1cccc(CN(C(=O)CN(c2cccc(Cl)c2C)S(C)(=O)=O)[C@H](C)C(=O)NC(C)(C)C)c1. The quantitative estimate of drug-likeness (QED) is 0.540. The van der Waals surface area contributed by atoms with Crippen LogP contribution < -0.4 is 14.4 Å². The van der Waals surface area contributed by atoms with E-state index in [-0.39, 0.29) is 12.5 Å². The molecule has 1 N–H and O–H groups in total. The standard InChI is InChI=1S/C25H34ClN3O5S/c1-17-21(26)12-9-13-22(17)29(35(7,32)33)16-23(30)28(18(2)24(31)27-25(3,4)5)15-19-10-8-11-20(14-19)34-6/h8-14,18H,15-16H2,1-7H3,(H,27,31)/t18-/m1/s1. The lowest BCUT2D eigenvalue weighted by atomic mass is 10.1. The van der Waals surface area contributed by atoms with Gasteiger partial charge in [0, 0.05) is 17.1 Å². The highest BCUT2D eigenvalue weighted by atomic mass is 35.5. The van der Waals surface area contributed by atoms with Crippen molar-refractivity contribution in [3.8, 4) is 5.75 Å². The Balaban J connectivity index is 2.47. The molecule has 2 rings (SSSR count). The first-order valence-electron chi connectivity index (χ1n) is 11.1. The van der Waals surface area contributed by atoms with Crippen LogP contribution in [0.1, 0.15) is 38.8 Å². The molecule has 0 aliphatic rings. The first-order valence-corrected chi connectivity index (χ1v) is 13.3. The van der Waals surface area contributed by atoms with Crippen molar-refractivity contribution in [1.82, 2.24) is 10.2 Å². The van der Waals surface area contributed by atoms with Crippen LogP contribution in [0.2, 0.25) is 5.02 Å². The van der Waals surface area contributed by atoms with Crippen molar-refractivity contribution in [2.75, 3.05) is 24.2 Å². The Morgan fingerprint density at radius 2 is 1.77 bits per heavy atom. The van der Waals surface area contributed by atoms with E-state index < -0.39 is 34.1 Å². The molecule has 0 spiro atoms. The van der Waals surface area contributed by atoms with Crippen LogP contribution in [0, 0.1) is 6.92 Å². The average Bonchev–Trinajstić information content (AvgIpc) is 2.75. The summed E-state index contributed by atoms with van der Waals surface area (Å²) >= 11 is 6.21. The van der Waals surface area contributed by atoms with E-state index in [0.717, 1.165) is 16.1 Å². The van der Waals surface area contributed by atoms with Crippen molar-refractivity contribution in [3.05, 3.63) is 58.6 Å². The summed E-state index contributed by atoms with van der Waals surface area (Å²) < 4.78 is 31.7. The van der Waals surface area contributed by atoms with E-state index in [4.69, 9.17) is 16.3 Å². The normalized spacial score (nSPS) is 12.6. The number of ether oxygens (including phenoxy) is 1. The first kappa shape index (κ1) is 28.5. The van der Waals surface area contributed by atoms with Crippen LogP contribution in [0.5, 0.6) is 5.75 Å². The lowest BCUT2D eigenvalue weighted by Gasteiger charge is -2.33. The summed E-state index contributed by atoms with van der Waals surface area (Å²) in [7, 11) is -2.30. The van der Waals surface area contributed by atoms with Crippen molar-refractivity contribution in [3.63, 3.8) is 0 Å². The highest BCUT2D eigenvalue weighted by Gasteiger charge is 2.32. The van der Waals surface area contributed by atoms with E-state index in [9.17, 15) is 18.0 Å². The van der Waals surface area contributed by atoms with Gasteiger partial charge in [0.1, 0.15) is 18.3 Å². The Hall–Kier alpha value is -2.78. The first-order chi connectivity index (χ1) is 16.1. The van der Waals surface area contributed by atoms with E-state index in [2.05, 4.69) is 5.32 Å². The Labute approximate surface area is 213 Å². The number of carbonyl (C=O) groups excluding carboxylic acids is 2. The molecule has 0 aromatic heterocycles. The van der Waals surface area contributed by atoms with Crippen molar-refractivity contribution < 1.29 is 22.7 Å². The van der Waals surface area contributed by atoms with Crippen LogP contribution in [-0.2, 0) is 26.2 Å². The maximum absolute atomic E-state index is 13.6. The Morgan fingerprint density at radius 3 is 2.34 bits per heavy atom. The number of anilines is 1. The fraction of sp³-hybridized carbons (Fsp3) is 0.440. The molecule has 0 bridgehead atoms. The van der Waals surface area contributed by atoms with Gasteiger partial charge in [-0.3, -0.25) is 13.9 Å². The third-order valence-electron chi connectivity index (χ3n) is 5.34. The fourth-order valence-electron chi connectivity index (χ4n) is 3.49. The third-order valence-corrected chi connectivity index (χ3v) is 6.88. The van der Waals surface area contributed by atoms with E-state index in [1.54, 1.807) is 57.4 Å². The molecule has 0 heterocycles. The molecule has 0 radical (unpaired) electrons. The molecule has 0 aliphatic carbocycles. The molecule has 8 nitrogen and oxygen atoms in total. The number of hydrogen-bond donors (Lipinski definition) is 1. The molecular formula is C25H34ClN3O5S. The van der Waals surface area contributed by atoms with Crippen LogP contribution in [-0.4, -0.2) is 56.6 Å². The van der Waals surface area contributed by atoms with Gasteiger partial charge in [0.2, 0.25) is 21.8 Å². The van der Waals surface area contributed by atoms with Gasteiger partial charge in [0.25, 0.3) is 0 Å². The minimum Gasteiger partial charge on any atom is -0.497 e. The number of amides is 2. The van der Waals surface area contributed by atoms with E-state index in [1.165, 1.54) is 4.90 Å². The molecular weight excluding hydrogens is 490 g/mol. The second kappa shape index (κ2) is 11.3. The largest absolute Gasteiger partial charge is 0.497 e. The number of rotatable bonds is 9. The maximum Gasteiger partial charge on any atom is 0.244 e. The average molecular weight is 524 g/mol. The molecule has 2 amide bonds. The zero-order chi connectivity index (χ0) is 26.6. The Bertz CT molecular complexity index is 1180. The third kappa shape index (κ3) is 7.86. The van der Waals surface area contributed by atoms with Gasteiger partial charge >= 0.3 is 0 Å². The molecule has 0 saturated carbocycles. The molecule has 35 heavy (non-hydrogen) atoms. The highest BCUT2D eigenvalue weighted by Crippen LogP contribution is 2.28. The number of benzene rings is 2. The van der Waals surface area contributed by atoms with Crippen LogP contribution in [0.15, 0.2) is 42.5 Å². The number of hydrogen-bond acceptors (Lipinski definition) is 5. The minimum atomic E-state index is -3.84. The molecule has 2 aromatic rings. The predicted octanol–water partition coefficient (Wildman–Crippen LogP) is 3.76. The number of halogens is 1. The summed E-state index contributed by atoms with van der Waals surface area (Å²) in [5.74, 6) is -0.276. The summed E-state index contributed by atoms with van der Waals surface area (Å²) in [6.07, 6.45) is 1.03. The molecule has 1 atom stereocenters. The molecule has 0 unspecified atom stereocenters. The molecule has 192 valence electrons. The van der Waals surface area contributed by atoms with Gasteiger partial charge in [-0.05, 0) is 70.0 Å². The smallest absolute Gasteiger partial charge is 0.244 e. The zero-order valence-electron chi connectivity index (χ0n) is 21.3. The van der Waals surface area contributed by atoms with E-state index in [0.29, 0.717) is 22.0 Å². The lowest BCUT2D eigenvalue weighted by Crippen LogP contribution is -2.54. The summed E-state index contributed by atoms with van der Waals surface area (Å²) in [5, 5.41) is 3.27. The number of sulfonamides is 1. The Morgan fingerprint density at radius 1 is 1.14 bits per heavy atom. The number of nitrogens with zero attached hydrogens (tertiary/aromatic N) is 2. The van der Waals surface area contributed by atoms with Gasteiger partial charge in [-0.15, -0.1) is 0 Å². The molecule has 10 heteroatoms. The van der Waals surface area contributed by atoms with Crippen LogP contribution >= 0.6 is 11.6 Å². The highest BCUT2D eigenvalue weighted by molar-refractivity contribution is 7.92. The van der Waals surface area contributed by atoms with Crippen LogP contribution in [0.3, 0.4) is 0 Å². The molecule has 0 saturated heterocycles. The van der Waals surface area contributed by atoms with Gasteiger partial charge in [-0.2, -0.15) is 0 Å². The van der Waals surface area contributed by atoms with Gasteiger partial charge in [0.05, 0.1) is 19.1 Å². The van der Waals surface area contributed by atoms with E-state index >= 15 is 0 Å². The number of methoxy groups -OCH3 is 1. The topological polar surface area (TPSA) is 96.0 Å². The summed E-state index contributed by atoms with van der Waals surface area (Å²) in [6, 6.07) is 11.1. The van der Waals surface area contributed by atoms with Crippen molar-refractivity contribution in [2.45, 2.75) is 52.7 Å². The van der Waals surface area contributed by atoms with Crippen LogP contribution in [0.4, 0.5) is 5.69 Å². The van der Waals surface area contributed by atoms with Crippen molar-refractivity contribution >= 4 is 39.1 Å². The number of nitrogens with one attached hydrogen (secondary N) is 1. The monoisotopic (exact) mass is 523 g/mol. The number of carbonyl (C=O) groups is 2. The van der Waals surface area contributed by atoms with Crippen LogP contribution in [0.25, 0.3) is 0 Å². The Kier molecular flexibility index (Phi) is 9.19. The van der Waals surface area contributed by atoms with Gasteiger partial charge in [-0.25, -0.2) is 8.42 Å². The second-order valence-corrected chi connectivity index (χ2v) is 11.8. The summed E-state index contributed by atoms with van der Waals surface area (Å²) in [5.41, 5.74) is 1.07. The van der Waals surface area contributed by atoms with E-state index in [1.807, 2.05) is 26.8 Å². The fourth-order valence-corrected chi connectivity index (χ4v) is 4.55. The maximum atomic E-state index is 13.6. The predicted molar refractivity (Wildman–Crippen MR) is 139 cm³/mol. The van der Waals surface area contributed by atoms with Gasteiger partial charge < -0.3 is 15.0 Å². The van der Waals surface area contributed by atoms with Gasteiger partial charge in [0.15, 0.2) is 0 Å². The summed E-state index contributed by atoms with van der Waals surface area (Å²) in [4.78, 5) is 28.0. The molecule has 0 aliphatic heterocycles. The minimum absolute atomic E-state index is 0.0842. The van der Waals surface area contributed by atoms with Gasteiger partial charge in [-0.1, -0.05) is 29.8 Å². The van der Waals surface area contributed by atoms with Crippen molar-refractivity contribution in [2.24, 2.45) is 0 Å². The molecule has 2 aromatic carbocycles. The summed E-state index contributed by atoms with van der Waals surface area (Å²) in [6.45, 7) is 8.44. The lowest BCUT2D eigenvalue weighted by molar-refractivity contribution is -0.140. The van der Waals surface area contributed by atoms with Crippen molar-refractivity contribution in [1.29, 1.82) is 0 Å². The second-order valence-electron chi connectivity index (χ2n) is 9.44.